The smallest absolute Gasteiger partial charge is 0.331 e. The van der Waals surface area contributed by atoms with Crippen LogP contribution in [0, 0.1) is 20.8 Å². The molecule has 0 fully saturated rings. The van der Waals surface area contributed by atoms with Crippen LogP contribution in [0.3, 0.4) is 0 Å². The van der Waals surface area contributed by atoms with Crippen LogP contribution in [0.4, 0.5) is 0 Å². The minimum absolute atomic E-state index is 0.150. The van der Waals surface area contributed by atoms with E-state index < -0.39 is 5.97 Å². The number of nitrogens with one attached hydrogen (secondary N) is 1. The van der Waals surface area contributed by atoms with Gasteiger partial charge in [0.2, 0.25) is 0 Å². The van der Waals surface area contributed by atoms with Crippen LogP contribution < -0.4 is 5.32 Å². The highest BCUT2D eigenvalue weighted by molar-refractivity contribution is 5.89. The molecule has 4 nitrogen and oxygen atoms in total. The van der Waals surface area contributed by atoms with Crippen molar-refractivity contribution in [3.8, 4) is 0 Å². The van der Waals surface area contributed by atoms with E-state index in [-0.39, 0.29) is 18.6 Å². The molecule has 0 aliphatic carbocycles. The molecule has 0 aliphatic rings. The maximum Gasteiger partial charge on any atom is 0.331 e. The summed E-state index contributed by atoms with van der Waals surface area (Å²) in [5.41, 5.74) is 5.43. The van der Waals surface area contributed by atoms with Gasteiger partial charge in [-0.15, -0.1) is 0 Å². The molecule has 2 aromatic carbocycles. The van der Waals surface area contributed by atoms with Crippen molar-refractivity contribution in [3.63, 3.8) is 0 Å². The highest BCUT2D eigenvalue weighted by Gasteiger charge is 2.11. The van der Waals surface area contributed by atoms with Gasteiger partial charge >= 0.3 is 5.97 Å². The van der Waals surface area contributed by atoms with Gasteiger partial charge in [0.1, 0.15) is 0 Å². The second kappa shape index (κ2) is 8.99. The summed E-state index contributed by atoms with van der Waals surface area (Å²) in [6, 6.07) is 13.7. The molecule has 1 N–H and O–H groups in total. The van der Waals surface area contributed by atoms with Crippen LogP contribution in [-0.2, 0) is 14.3 Å². The van der Waals surface area contributed by atoms with Crippen molar-refractivity contribution in [1.29, 1.82) is 0 Å². The fourth-order valence-electron chi connectivity index (χ4n) is 2.52. The van der Waals surface area contributed by atoms with E-state index in [1.807, 2.05) is 64.1 Å². The number of esters is 1. The number of hydrogen-bond donors (Lipinski definition) is 1. The Morgan fingerprint density at radius 2 is 1.85 bits per heavy atom. The number of rotatable bonds is 6. The lowest BCUT2D eigenvalue weighted by Crippen LogP contribution is -2.31. The number of aryl methyl sites for hydroxylation is 3. The molecule has 0 aromatic heterocycles. The van der Waals surface area contributed by atoms with Crippen molar-refractivity contribution in [2.45, 2.75) is 33.7 Å². The van der Waals surface area contributed by atoms with Gasteiger partial charge in [0, 0.05) is 6.08 Å². The van der Waals surface area contributed by atoms with E-state index in [1.54, 1.807) is 6.08 Å². The summed E-state index contributed by atoms with van der Waals surface area (Å²) in [5, 5.41) is 2.84. The van der Waals surface area contributed by atoms with Crippen molar-refractivity contribution < 1.29 is 14.3 Å². The van der Waals surface area contributed by atoms with Gasteiger partial charge in [0.25, 0.3) is 5.91 Å². The summed E-state index contributed by atoms with van der Waals surface area (Å²) in [4.78, 5) is 23.7. The maximum absolute atomic E-state index is 12.0. The molecular formula is C22H25NO3. The lowest BCUT2D eigenvalue weighted by atomic mass is 10.0. The van der Waals surface area contributed by atoms with Crippen molar-refractivity contribution >= 4 is 18.0 Å². The summed E-state index contributed by atoms with van der Waals surface area (Å²) in [7, 11) is 0. The zero-order chi connectivity index (χ0) is 19.1. The Kier molecular flexibility index (Phi) is 6.73. The SMILES string of the molecule is Cc1cccc(/C=C/C(=O)OCC(=O)N[C@H](C)c2ccc(C)c(C)c2)c1. The van der Waals surface area contributed by atoms with Crippen LogP contribution in [0.2, 0.25) is 0 Å². The molecule has 1 amide bonds. The summed E-state index contributed by atoms with van der Waals surface area (Å²) in [6.07, 6.45) is 3.00. The molecule has 1 atom stereocenters. The Bertz CT molecular complexity index is 824. The van der Waals surface area contributed by atoms with Crippen LogP contribution >= 0.6 is 0 Å². The zero-order valence-electron chi connectivity index (χ0n) is 15.7. The first kappa shape index (κ1) is 19.4. The normalized spacial score (nSPS) is 12.0. The second-order valence-corrected chi connectivity index (χ2v) is 6.49. The van der Waals surface area contributed by atoms with Gasteiger partial charge in [-0.3, -0.25) is 4.79 Å². The highest BCUT2D eigenvalue weighted by atomic mass is 16.5. The summed E-state index contributed by atoms with van der Waals surface area (Å²) >= 11 is 0. The zero-order valence-corrected chi connectivity index (χ0v) is 15.7. The highest BCUT2D eigenvalue weighted by Crippen LogP contribution is 2.16. The molecule has 0 saturated heterocycles. The Labute approximate surface area is 154 Å². The third-order valence-electron chi connectivity index (χ3n) is 4.21. The molecule has 136 valence electrons. The van der Waals surface area contributed by atoms with Gasteiger partial charge in [0.05, 0.1) is 6.04 Å². The lowest BCUT2D eigenvalue weighted by Gasteiger charge is -2.15. The summed E-state index contributed by atoms with van der Waals surface area (Å²) < 4.78 is 5.00. The van der Waals surface area contributed by atoms with Crippen LogP contribution in [0.5, 0.6) is 0 Å². The molecule has 26 heavy (non-hydrogen) atoms. The predicted octanol–water partition coefficient (Wildman–Crippen LogP) is 4.05. The van der Waals surface area contributed by atoms with E-state index in [0.29, 0.717) is 0 Å². The first-order chi connectivity index (χ1) is 12.3. The second-order valence-electron chi connectivity index (χ2n) is 6.49. The van der Waals surface area contributed by atoms with Crippen LogP contribution in [-0.4, -0.2) is 18.5 Å². The fraction of sp³-hybridized carbons (Fsp3) is 0.273. The average molecular weight is 351 g/mol. The fourth-order valence-corrected chi connectivity index (χ4v) is 2.52. The number of carbonyl (C=O) groups excluding carboxylic acids is 2. The van der Waals surface area contributed by atoms with E-state index >= 15 is 0 Å². The van der Waals surface area contributed by atoms with Crippen LogP contribution in [0.1, 0.15) is 40.8 Å². The lowest BCUT2D eigenvalue weighted by molar-refractivity contribution is -0.144. The molecule has 0 aliphatic heterocycles. The van der Waals surface area contributed by atoms with E-state index in [0.717, 1.165) is 16.7 Å². The maximum atomic E-state index is 12.0. The van der Waals surface area contributed by atoms with E-state index in [9.17, 15) is 9.59 Å². The Hall–Kier alpha value is -2.88. The number of ether oxygens (including phenoxy) is 1. The standard InChI is InChI=1S/C22H25NO3/c1-15-6-5-7-19(12-15)9-11-22(25)26-14-21(24)23-18(4)20-10-8-16(2)17(3)13-20/h5-13,18H,14H2,1-4H3,(H,23,24)/b11-9+/t18-/m1/s1. The predicted molar refractivity (Wildman–Crippen MR) is 104 cm³/mol. The van der Waals surface area contributed by atoms with Gasteiger partial charge in [0.15, 0.2) is 6.61 Å². The first-order valence-corrected chi connectivity index (χ1v) is 8.63. The number of benzene rings is 2. The van der Waals surface area contributed by atoms with Gasteiger partial charge < -0.3 is 10.1 Å². The van der Waals surface area contributed by atoms with Crippen LogP contribution in [0.25, 0.3) is 6.08 Å². The van der Waals surface area contributed by atoms with E-state index in [1.165, 1.54) is 17.2 Å². The molecule has 0 bridgehead atoms. The minimum atomic E-state index is -0.541. The Balaban J connectivity index is 1.82. The Morgan fingerprint density at radius 1 is 1.08 bits per heavy atom. The largest absolute Gasteiger partial charge is 0.452 e. The first-order valence-electron chi connectivity index (χ1n) is 8.63. The van der Waals surface area contributed by atoms with E-state index in [2.05, 4.69) is 11.4 Å². The van der Waals surface area contributed by atoms with Gasteiger partial charge in [-0.2, -0.15) is 0 Å². The van der Waals surface area contributed by atoms with Crippen LogP contribution in [0.15, 0.2) is 48.5 Å². The quantitative estimate of drug-likeness (QED) is 0.631. The average Bonchev–Trinajstić information content (AvgIpc) is 2.60. The summed E-state index contributed by atoms with van der Waals surface area (Å²) in [5.74, 6) is -0.867. The molecule has 0 radical (unpaired) electrons. The molecule has 2 rings (SSSR count). The molecule has 0 unspecified atom stereocenters. The molecule has 0 spiro atoms. The molecular weight excluding hydrogens is 326 g/mol. The minimum Gasteiger partial charge on any atom is -0.452 e. The molecule has 0 heterocycles. The van der Waals surface area contributed by atoms with Gasteiger partial charge in [-0.05, 0) is 56.0 Å². The van der Waals surface area contributed by atoms with Crippen molar-refractivity contribution in [2.75, 3.05) is 6.61 Å². The number of hydrogen-bond acceptors (Lipinski definition) is 3. The van der Waals surface area contributed by atoms with Gasteiger partial charge in [-0.1, -0.05) is 48.0 Å². The van der Waals surface area contributed by atoms with E-state index in [4.69, 9.17) is 4.74 Å². The third-order valence-corrected chi connectivity index (χ3v) is 4.21. The molecule has 2 aromatic rings. The van der Waals surface area contributed by atoms with Crippen molar-refractivity contribution in [1.82, 2.24) is 5.32 Å². The van der Waals surface area contributed by atoms with Crippen molar-refractivity contribution in [2.24, 2.45) is 0 Å². The summed E-state index contributed by atoms with van der Waals surface area (Å²) in [6.45, 7) is 7.67. The third kappa shape index (κ3) is 5.88. The Morgan fingerprint density at radius 3 is 2.54 bits per heavy atom. The van der Waals surface area contributed by atoms with Crippen molar-refractivity contribution in [3.05, 3.63) is 76.4 Å². The topological polar surface area (TPSA) is 55.4 Å². The molecule has 0 saturated carbocycles. The molecule has 4 heteroatoms. The number of carbonyl (C=O) groups is 2. The van der Waals surface area contributed by atoms with Gasteiger partial charge in [-0.25, -0.2) is 4.79 Å². The monoisotopic (exact) mass is 351 g/mol. The number of amides is 1.